The van der Waals surface area contributed by atoms with Crippen molar-refractivity contribution in [3.63, 3.8) is 0 Å². The van der Waals surface area contributed by atoms with Crippen molar-refractivity contribution in [2.24, 2.45) is 0 Å². The van der Waals surface area contributed by atoms with Crippen molar-refractivity contribution in [1.82, 2.24) is 4.98 Å². The van der Waals surface area contributed by atoms with Gasteiger partial charge in [-0.15, -0.1) is 0 Å². The second kappa shape index (κ2) is 4.97. The van der Waals surface area contributed by atoms with E-state index in [1.165, 1.54) is 0 Å². The van der Waals surface area contributed by atoms with Crippen LogP contribution in [-0.4, -0.2) is 10.9 Å². The van der Waals surface area contributed by atoms with E-state index in [1.807, 2.05) is 25.1 Å². The lowest BCUT2D eigenvalue weighted by Crippen LogP contribution is -2.13. The molecule has 1 N–H and O–H groups in total. The van der Waals surface area contributed by atoms with Crippen LogP contribution in [0.1, 0.15) is 15.9 Å². The Kier molecular flexibility index (Phi) is 3.40. The molecular weight excluding hydrogens is 236 g/mol. The maximum Gasteiger partial charge on any atom is 0.255 e. The molecule has 0 aliphatic carbocycles. The number of nitrogens with zero attached hydrogens (tertiary/aromatic N) is 1. The van der Waals surface area contributed by atoms with Crippen molar-refractivity contribution in [3.05, 3.63) is 58.9 Å². The van der Waals surface area contributed by atoms with Crippen LogP contribution in [0.15, 0.2) is 42.6 Å². The molecule has 2 aromatic rings. The molecular formula is C13H11ClN2O. The zero-order valence-electron chi connectivity index (χ0n) is 9.27. The van der Waals surface area contributed by atoms with E-state index in [0.29, 0.717) is 16.4 Å². The van der Waals surface area contributed by atoms with Crippen LogP contribution >= 0.6 is 11.6 Å². The maximum absolute atomic E-state index is 11.9. The summed E-state index contributed by atoms with van der Waals surface area (Å²) in [7, 11) is 0. The van der Waals surface area contributed by atoms with Crippen LogP contribution in [0.4, 0.5) is 5.69 Å². The standard InChI is InChI=1S/C13H11ClN2O/c1-9-7-8-15-12(14)11(9)16-13(17)10-5-3-2-4-6-10/h2-8H,1H3,(H,16,17). The summed E-state index contributed by atoms with van der Waals surface area (Å²) in [5.41, 5.74) is 2.03. The molecule has 0 radical (unpaired) electrons. The Morgan fingerprint density at radius 1 is 1.24 bits per heavy atom. The largest absolute Gasteiger partial charge is 0.319 e. The number of benzene rings is 1. The van der Waals surface area contributed by atoms with E-state index in [9.17, 15) is 4.79 Å². The lowest BCUT2D eigenvalue weighted by molar-refractivity contribution is 0.102. The molecule has 4 heteroatoms. The molecule has 86 valence electrons. The summed E-state index contributed by atoms with van der Waals surface area (Å²) in [5.74, 6) is -0.191. The minimum absolute atomic E-state index is 0.191. The number of rotatable bonds is 2. The van der Waals surface area contributed by atoms with Crippen LogP contribution in [0.2, 0.25) is 5.15 Å². The normalized spacial score (nSPS) is 10.0. The molecule has 0 aliphatic rings. The summed E-state index contributed by atoms with van der Waals surface area (Å²) in [4.78, 5) is 15.9. The average molecular weight is 247 g/mol. The molecule has 1 amide bonds. The molecule has 0 fully saturated rings. The minimum Gasteiger partial charge on any atom is -0.319 e. The van der Waals surface area contributed by atoms with Crippen molar-refractivity contribution in [1.29, 1.82) is 0 Å². The summed E-state index contributed by atoms with van der Waals surface area (Å²) in [5, 5.41) is 3.06. The number of halogens is 1. The fourth-order valence-corrected chi connectivity index (χ4v) is 1.70. The van der Waals surface area contributed by atoms with Gasteiger partial charge in [-0.2, -0.15) is 0 Å². The number of anilines is 1. The van der Waals surface area contributed by atoms with Gasteiger partial charge < -0.3 is 5.32 Å². The number of aromatic nitrogens is 1. The molecule has 0 saturated carbocycles. The number of hydrogen-bond acceptors (Lipinski definition) is 2. The Balaban J connectivity index is 2.25. The summed E-state index contributed by atoms with van der Waals surface area (Å²) in [6.07, 6.45) is 1.61. The van der Waals surface area contributed by atoms with E-state index in [4.69, 9.17) is 11.6 Å². The SMILES string of the molecule is Cc1ccnc(Cl)c1NC(=O)c1ccccc1. The van der Waals surface area contributed by atoms with E-state index < -0.39 is 0 Å². The number of carbonyl (C=O) groups is 1. The molecule has 17 heavy (non-hydrogen) atoms. The predicted octanol–water partition coefficient (Wildman–Crippen LogP) is 3.30. The number of aryl methyl sites for hydroxylation is 1. The van der Waals surface area contributed by atoms with Gasteiger partial charge in [0.2, 0.25) is 0 Å². The first-order chi connectivity index (χ1) is 8.18. The van der Waals surface area contributed by atoms with Gasteiger partial charge in [0.05, 0.1) is 5.69 Å². The van der Waals surface area contributed by atoms with Crippen LogP contribution in [-0.2, 0) is 0 Å². The number of carbonyl (C=O) groups excluding carboxylic acids is 1. The Labute approximate surface area is 104 Å². The van der Waals surface area contributed by atoms with E-state index in [2.05, 4.69) is 10.3 Å². The first-order valence-corrected chi connectivity index (χ1v) is 5.54. The van der Waals surface area contributed by atoms with E-state index in [-0.39, 0.29) is 5.91 Å². The van der Waals surface area contributed by atoms with Gasteiger partial charge in [0.1, 0.15) is 0 Å². The van der Waals surface area contributed by atoms with Crippen molar-refractivity contribution in [2.75, 3.05) is 5.32 Å². The molecule has 0 spiro atoms. The van der Waals surface area contributed by atoms with Crippen molar-refractivity contribution in [2.45, 2.75) is 6.92 Å². The number of nitrogens with one attached hydrogen (secondary N) is 1. The third-order valence-electron chi connectivity index (χ3n) is 2.39. The third kappa shape index (κ3) is 2.63. The highest BCUT2D eigenvalue weighted by Gasteiger charge is 2.10. The van der Waals surface area contributed by atoms with E-state index in [0.717, 1.165) is 5.56 Å². The molecule has 3 nitrogen and oxygen atoms in total. The first-order valence-electron chi connectivity index (χ1n) is 5.16. The maximum atomic E-state index is 11.9. The van der Waals surface area contributed by atoms with Gasteiger partial charge in [-0.3, -0.25) is 4.79 Å². The highest BCUT2D eigenvalue weighted by molar-refractivity contribution is 6.32. The second-order valence-corrected chi connectivity index (χ2v) is 3.97. The Morgan fingerprint density at radius 2 is 1.94 bits per heavy atom. The monoisotopic (exact) mass is 246 g/mol. The Morgan fingerprint density at radius 3 is 2.59 bits per heavy atom. The average Bonchev–Trinajstić information content (AvgIpc) is 2.35. The fourth-order valence-electron chi connectivity index (χ4n) is 1.45. The van der Waals surface area contributed by atoms with Crippen LogP contribution in [0, 0.1) is 6.92 Å². The number of amides is 1. The molecule has 1 aromatic carbocycles. The summed E-state index contributed by atoms with van der Waals surface area (Å²) in [6, 6.07) is 10.8. The minimum atomic E-state index is -0.191. The van der Waals surface area contributed by atoms with Crippen LogP contribution in [0.5, 0.6) is 0 Å². The van der Waals surface area contributed by atoms with Gasteiger partial charge in [-0.05, 0) is 30.7 Å². The van der Waals surface area contributed by atoms with Crippen LogP contribution < -0.4 is 5.32 Å². The predicted molar refractivity (Wildman–Crippen MR) is 68.4 cm³/mol. The highest BCUT2D eigenvalue weighted by atomic mass is 35.5. The van der Waals surface area contributed by atoms with Crippen molar-refractivity contribution >= 4 is 23.2 Å². The molecule has 0 bridgehead atoms. The van der Waals surface area contributed by atoms with Gasteiger partial charge in [-0.25, -0.2) is 4.98 Å². The second-order valence-electron chi connectivity index (χ2n) is 3.61. The molecule has 0 aliphatic heterocycles. The van der Waals surface area contributed by atoms with Gasteiger partial charge >= 0.3 is 0 Å². The molecule has 2 rings (SSSR count). The van der Waals surface area contributed by atoms with Crippen LogP contribution in [0.3, 0.4) is 0 Å². The quantitative estimate of drug-likeness (QED) is 0.826. The topological polar surface area (TPSA) is 42.0 Å². The summed E-state index contributed by atoms with van der Waals surface area (Å²) < 4.78 is 0. The molecule has 0 atom stereocenters. The molecule has 0 saturated heterocycles. The summed E-state index contributed by atoms with van der Waals surface area (Å²) in [6.45, 7) is 1.87. The van der Waals surface area contributed by atoms with Gasteiger partial charge in [-0.1, -0.05) is 29.8 Å². The van der Waals surface area contributed by atoms with E-state index in [1.54, 1.807) is 24.4 Å². The lowest BCUT2D eigenvalue weighted by Gasteiger charge is -2.09. The number of pyridine rings is 1. The fraction of sp³-hybridized carbons (Fsp3) is 0.0769. The van der Waals surface area contributed by atoms with Crippen LogP contribution in [0.25, 0.3) is 0 Å². The van der Waals surface area contributed by atoms with Crippen molar-refractivity contribution < 1.29 is 4.79 Å². The van der Waals surface area contributed by atoms with Gasteiger partial charge in [0, 0.05) is 11.8 Å². The summed E-state index contributed by atoms with van der Waals surface area (Å²) >= 11 is 5.94. The van der Waals surface area contributed by atoms with Gasteiger partial charge in [0.25, 0.3) is 5.91 Å². The van der Waals surface area contributed by atoms with E-state index >= 15 is 0 Å². The highest BCUT2D eigenvalue weighted by Crippen LogP contribution is 2.23. The van der Waals surface area contributed by atoms with Gasteiger partial charge in [0.15, 0.2) is 5.15 Å². The van der Waals surface area contributed by atoms with Crippen molar-refractivity contribution in [3.8, 4) is 0 Å². The Hall–Kier alpha value is -1.87. The first kappa shape index (κ1) is 11.6. The lowest BCUT2D eigenvalue weighted by atomic mass is 10.2. The zero-order chi connectivity index (χ0) is 12.3. The third-order valence-corrected chi connectivity index (χ3v) is 2.67. The number of hydrogen-bond donors (Lipinski definition) is 1. The molecule has 0 unspecified atom stereocenters. The molecule has 1 heterocycles. The Bertz CT molecular complexity index is 520. The molecule has 1 aromatic heterocycles. The zero-order valence-corrected chi connectivity index (χ0v) is 10.0. The smallest absolute Gasteiger partial charge is 0.255 e.